The number of halogens is 1. The van der Waals surface area contributed by atoms with Gasteiger partial charge in [-0.3, -0.25) is 4.79 Å². The van der Waals surface area contributed by atoms with E-state index in [1.165, 1.54) is 19.3 Å². The van der Waals surface area contributed by atoms with Crippen LogP contribution in [-0.2, 0) is 17.9 Å². The lowest BCUT2D eigenvalue weighted by Gasteiger charge is -2.26. The van der Waals surface area contributed by atoms with Gasteiger partial charge in [0.25, 0.3) is 5.91 Å². The Hall–Kier alpha value is -2.86. The van der Waals surface area contributed by atoms with Crippen LogP contribution in [0.25, 0.3) is 0 Å². The molecule has 0 aliphatic carbocycles. The molecule has 7 heteroatoms. The van der Waals surface area contributed by atoms with Crippen molar-refractivity contribution in [3.8, 4) is 5.75 Å². The summed E-state index contributed by atoms with van der Waals surface area (Å²) in [6, 6.07) is 11.3. The van der Waals surface area contributed by atoms with Crippen molar-refractivity contribution in [2.45, 2.75) is 46.2 Å². The summed E-state index contributed by atoms with van der Waals surface area (Å²) in [7, 11) is 0. The summed E-state index contributed by atoms with van der Waals surface area (Å²) in [5.41, 5.74) is 1.84. The van der Waals surface area contributed by atoms with Gasteiger partial charge in [-0.15, -0.1) is 0 Å². The Bertz CT molecular complexity index is 1020. The molecular formula is C25H29ClN2O4. The second-order valence-electron chi connectivity index (χ2n) is 8.28. The second-order valence-corrected chi connectivity index (χ2v) is 8.65. The van der Waals surface area contributed by atoms with Crippen molar-refractivity contribution in [2.24, 2.45) is 0 Å². The third-order valence-corrected chi connectivity index (χ3v) is 6.31. The van der Waals surface area contributed by atoms with E-state index < -0.39 is 0 Å². The molecule has 4 rings (SSSR count). The van der Waals surface area contributed by atoms with Gasteiger partial charge < -0.3 is 23.4 Å². The lowest BCUT2D eigenvalue weighted by molar-refractivity contribution is -0.135. The molecular weight excluding hydrogens is 428 g/mol. The second kappa shape index (κ2) is 10.2. The van der Waals surface area contributed by atoms with Crippen molar-refractivity contribution >= 4 is 23.4 Å². The average molecular weight is 457 g/mol. The van der Waals surface area contributed by atoms with Gasteiger partial charge in [-0.2, -0.15) is 0 Å². The first-order valence-corrected chi connectivity index (χ1v) is 11.4. The molecule has 32 heavy (non-hydrogen) atoms. The maximum atomic E-state index is 13.1. The molecule has 1 aliphatic rings. The molecule has 0 saturated carbocycles. The lowest BCUT2D eigenvalue weighted by atomic mass is 10.1. The molecule has 1 fully saturated rings. The highest BCUT2D eigenvalue weighted by Crippen LogP contribution is 2.26. The summed E-state index contributed by atoms with van der Waals surface area (Å²) in [4.78, 5) is 17.0. The van der Waals surface area contributed by atoms with Crippen LogP contribution in [0.3, 0.4) is 0 Å². The number of anilines is 1. The van der Waals surface area contributed by atoms with Gasteiger partial charge in [-0.1, -0.05) is 11.6 Å². The minimum Gasteiger partial charge on any atom is -0.484 e. The molecule has 0 N–H and O–H groups in total. The normalized spacial score (nSPS) is 13.9. The first-order chi connectivity index (χ1) is 15.5. The SMILES string of the molecule is Cc1cc(OCC(=O)N(Cc2ccco2)Cc2ccc(N3CCCCC3)o2)cc(C)c1Cl. The molecule has 0 atom stereocenters. The standard InChI is InChI=1S/C25H29ClN2O4/c1-18-13-22(14-19(2)25(18)26)31-17-23(29)28(15-20-7-6-12-30-20)16-21-8-9-24(32-21)27-10-4-3-5-11-27/h6-9,12-14H,3-5,10-11,15-17H2,1-2H3. The molecule has 3 heterocycles. The van der Waals surface area contributed by atoms with Crippen molar-refractivity contribution in [3.63, 3.8) is 0 Å². The fraction of sp³-hybridized carbons (Fsp3) is 0.400. The van der Waals surface area contributed by atoms with E-state index in [0.717, 1.165) is 35.9 Å². The molecule has 6 nitrogen and oxygen atoms in total. The van der Waals surface area contributed by atoms with Crippen LogP contribution in [0.5, 0.6) is 5.75 Å². The van der Waals surface area contributed by atoms with E-state index in [2.05, 4.69) is 4.90 Å². The summed E-state index contributed by atoms with van der Waals surface area (Å²) >= 11 is 6.24. The monoisotopic (exact) mass is 456 g/mol. The van der Waals surface area contributed by atoms with Gasteiger partial charge in [0.1, 0.15) is 17.3 Å². The minimum atomic E-state index is -0.150. The van der Waals surface area contributed by atoms with E-state index >= 15 is 0 Å². The van der Waals surface area contributed by atoms with Gasteiger partial charge in [0.05, 0.1) is 19.4 Å². The number of ether oxygens (including phenoxy) is 1. The smallest absolute Gasteiger partial charge is 0.261 e. The highest BCUT2D eigenvalue weighted by Gasteiger charge is 2.20. The lowest BCUT2D eigenvalue weighted by Crippen LogP contribution is -2.34. The van der Waals surface area contributed by atoms with Crippen molar-refractivity contribution < 1.29 is 18.4 Å². The van der Waals surface area contributed by atoms with Gasteiger partial charge in [0.2, 0.25) is 0 Å². The molecule has 3 aromatic rings. The molecule has 0 bridgehead atoms. The molecule has 1 saturated heterocycles. The van der Waals surface area contributed by atoms with Crippen LogP contribution in [0.4, 0.5) is 5.88 Å². The highest BCUT2D eigenvalue weighted by molar-refractivity contribution is 6.32. The summed E-state index contributed by atoms with van der Waals surface area (Å²) in [6.45, 7) is 6.46. The Kier molecular flexibility index (Phi) is 7.10. The van der Waals surface area contributed by atoms with Crippen LogP contribution in [0, 0.1) is 13.8 Å². The summed E-state index contributed by atoms with van der Waals surface area (Å²) in [6.07, 6.45) is 5.23. The van der Waals surface area contributed by atoms with E-state index in [0.29, 0.717) is 29.6 Å². The summed E-state index contributed by atoms with van der Waals surface area (Å²) in [5, 5.41) is 0.713. The van der Waals surface area contributed by atoms with Gasteiger partial charge in [-0.25, -0.2) is 0 Å². The Morgan fingerprint density at radius 3 is 2.47 bits per heavy atom. The Morgan fingerprint density at radius 1 is 1.06 bits per heavy atom. The first kappa shape index (κ1) is 22.3. The maximum Gasteiger partial charge on any atom is 0.261 e. The molecule has 0 radical (unpaired) electrons. The van der Waals surface area contributed by atoms with Crippen LogP contribution in [0.2, 0.25) is 5.02 Å². The number of piperidine rings is 1. The number of hydrogen-bond acceptors (Lipinski definition) is 5. The number of aryl methyl sites for hydroxylation is 2. The van der Waals surface area contributed by atoms with Crippen LogP contribution in [0.15, 0.2) is 51.5 Å². The molecule has 0 unspecified atom stereocenters. The Balaban J connectivity index is 1.44. The van der Waals surface area contributed by atoms with Gasteiger partial charge in [0, 0.05) is 24.2 Å². The zero-order chi connectivity index (χ0) is 22.5. The van der Waals surface area contributed by atoms with Crippen molar-refractivity contribution in [1.29, 1.82) is 0 Å². The number of carbonyl (C=O) groups excluding carboxylic acids is 1. The first-order valence-electron chi connectivity index (χ1n) is 11.0. The molecule has 170 valence electrons. The molecule has 1 amide bonds. The zero-order valence-corrected chi connectivity index (χ0v) is 19.4. The van der Waals surface area contributed by atoms with E-state index in [4.69, 9.17) is 25.2 Å². The van der Waals surface area contributed by atoms with E-state index in [1.807, 2.05) is 50.2 Å². The molecule has 0 spiro atoms. The molecule has 1 aromatic carbocycles. The van der Waals surface area contributed by atoms with Crippen molar-refractivity contribution in [3.05, 3.63) is 70.3 Å². The highest BCUT2D eigenvalue weighted by atomic mass is 35.5. The average Bonchev–Trinajstić information content (AvgIpc) is 3.48. The minimum absolute atomic E-state index is 0.0824. The van der Waals surface area contributed by atoms with Gasteiger partial charge in [-0.05, 0) is 74.6 Å². The zero-order valence-electron chi connectivity index (χ0n) is 18.6. The number of amides is 1. The van der Waals surface area contributed by atoms with Crippen molar-refractivity contribution in [2.75, 3.05) is 24.6 Å². The number of hydrogen-bond donors (Lipinski definition) is 0. The topological polar surface area (TPSA) is 59.1 Å². The van der Waals surface area contributed by atoms with Crippen LogP contribution < -0.4 is 9.64 Å². The summed E-state index contributed by atoms with van der Waals surface area (Å²) < 4.78 is 17.4. The third kappa shape index (κ3) is 5.49. The Morgan fingerprint density at radius 2 is 1.78 bits per heavy atom. The van der Waals surface area contributed by atoms with E-state index in [1.54, 1.807) is 11.2 Å². The van der Waals surface area contributed by atoms with Crippen LogP contribution in [0.1, 0.15) is 41.9 Å². The maximum absolute atomic E-state index is 13.1. The number of carbonyl (C=O) groups is 1. The predicted octanol–water partition coefficient (Wildman–Crippen LogP) is 5.74. The predicted molar refractivity (Wildman–Crippen MR) is 124 cm³/mol. The van der Waals surface area contributed by atoms with Crippen LogP contribution in [-0.4, -0.2) is 30.5 Å². The van der Waals surface area contributed by atoms with Gasteiger partial charge in [0.15, 0.2) is 12.5 Å². The molecule has 1 aliphatic heterocycles. The summed E-state index contributed by atoms with van der Waals surface area (Å²) in [5.74, 6) is 2.79. The number of benzene rings is 1. The third-order valence-electron chi connectivity index (χ3n) is 5.71. The van der Waals surface area contributed by atoms with Crippen LogP contribution >= 0.6 is 11.6 Å². The number of nitrogens with zero attached hydrogens (tertiary/aromatic N) is 2. The number of rotatable bonds is 8. The fourth-order valence-corrected chi connectivity index (χ4v) is 4.08. The van der Waals surface area contributed by atoms with E-state index in [-0.39, 0.29) is 12.5 Å². The van der Waals surface area contributed by atoms with Crippen molar-refractivity contribution in [1.82, 2.24) is 4.90 Å². The fourth-order valence-electron chi connectivity index (χ4n) is 3.97. The molecule has 2 aromatic heterocycles. The quantitative estimate of drug-likeness (QED) is 0.432. The Labute approximate surface area is 193 Å². The number of furan rings is 2. The largest absolute Gasteiger partial charge is 0.484 e. The van der Waals surface area contributed by atoms with Gasteiger partial charge >= 0.3 is 0 Å². The van der Waals surface area contributed by atoms with E-state index in [9.17, 15) is 4.79 Å².